The Balaban J connectivity index is 1.74. The number of carbonyl (C=O) groups excluding carboxylic acids is 1. The average Bonchev–Trinajstić information content (AvgIpc) is 3.05. The molecule has 0 aromatic carbocycles. The highest BCUT2D eigenvalue weighted by atomic mass is 32.1. The van der Waals surface area contributed by atoms with Crippen LogP contribution in [0.2, 0.25) is 0 Å². The van der Waals surface area contributed by atoms with Gasteiger partial charge < -0.3 is 14.9 Å². The van der Waals surface area contributed by atoms with Gasteiger partial charge in [-0.15, -0.1) is 11.3 Å². The molecular weight excluding hydrogens is 288 g/mol. The number of thiophene rings is 1. The number of fused-ring (bicyclic) bond motifs is 1. The number of carbonyl (C=O) groups is 2. The smallest absolute Gasteiger partial charge is 0.320 e. The first-order valence-electron chi connectivity index (χ1n) is 7.33. The van der Waals surface area contributed by atoms with Crippen molar-refractivity contribution >= 4 is 23.3 Å². The minimum Gasteiger partial charge on any atom is -0.481 e. The largest absolute Gasteiger partial charge is 0.481 e. The van der Waals surface area contributed by atoms with E-state index in [1.54, 1.807) is 16.2 Å². The van der Waals surface area contributed by atoms with Crippen LogP contribution in [0.5, 0.6) is 0 Å². The summed E-state index contributed by atoms with van der Waals surface area (Å²) < 4.78 is 0. The Morgan fingerprint density at radius 3 is 2.76 bits per heavy atom. The summed E-state index contributed by atoms with van der Waals surface area (Å²) in [6.07, 6.45) is 0.898. The first-order chi connectivity index (χ1) is 9.99. The summed E-state index contributed by atoms with van der Waals surface area (Å²) in [4.78, 5) is 28.9. The predicted molar refractivity (Wildman–Crippen MR) is 80.4 cm³/mol. The Bertz CT molecular complexity index is 571. The number of likely N-dealkylation sites (tertiary alicyclic amines) is 1. The fourth-order valence-electron chi connectivity index (χ4n) is 3.40. The number of nitrogens with zero attached hydrogens (tertiary/aromatic N) is 2. The molecule has 6 heteroatoms. The molecule has 3 atom stereocenters. The molecule has 3 unspecified atom stereocenters. The highest BCUT2D eigenvalue weighted by molar-refractivity contribution is 7.10. The first-order valence-corrected chi connectivity index (χ1v) is 8.21. The monoisotopic (exact) mass is 308 g/mol. The van der Waals surface area contributed by atoms with Crippen LogP contribution >= 0.6 is 11.3 Å². The summed E-state index contributed by atoms with van der Waals surface area (Å²) in [7, 11) is 0. The van der Waals surface area contributed by atoms with Gasteiger partial charge in [0.25, 0.3) is 0 Å². The number of hydrogen-bond acceptors (Lipinski definition) is 3. The van der Waals surface area contributed by atoms with Crippen LogP contribution in [0.15, 0.2) is 11.4 Å². The van der Waals surface area contributed by atoms with E-state index < -0.39 is 11.9 Å². The van der Waals surface area contributed by atoms with Gasteiger partial charge >= 0.3 is 12.0 Å². The van der Waals surface area contributed by atoms with E-state index in [9.17, 15) is 14.7 Å². The van der Waals surface area contributed by atoms with Crippen LogP contribution in [0, 0.1) is 11.8 Å². The van der Waals surface area contributed by atoms with Crippen LogP contribution in [0.4, 0.5) is 4.79 Å². The second kappa shape index (κ2) is 5.33. The van der Waals surface area contributed by atoms with Gasteiger partial charge in [-0.05, 0) is 36.3 Å². The zero-order valence-corrected chi connectivity index (χ0v) is 13.1. The molecule has 1 fully saturated rings. The lowest BCUT2D eigenvalue weighted by molar-refractivity contribution is -0.142. The van der Waals surface area contributed by atoms with Gasteiger partial charge in [0.1, 0.15) is 0 Å². The maximum Gasteiger partial charge on any atom is 0.320 e. The maximum absolute atomic E-state index is 12.7. The van der Waals surface area contributed by atoms with Crippen molar-refractivity contribution in [3.8, 4) is 0 Å². The van der Waals surface area contributed by atoms with Crippen molar-refractivity contribution in [1.29, 1.82) is 0 Å². The summed E-state index contributed by atoms with van der Waals surface area (Å²) in [6, 6.07) is 2.15. The number of amides is 2. The van der Waals surface area contributed by atoms with Gasteiger partial charge in [0, 0.05) is 24.5 Å². The second-order valence-electron chi connectivity index (χ2n) is 6.03. The van der Waals surface area contributed by atoms with Crippen molar-refractivity contribution in [2.24, 2.45) is 11.8 Å². The normalized spacial score (nSPS) is 28.6. The molecule has 0 saturated carbocycles. The molecule has 2 aliphatic rings. The number of urea groups is 1. The molecule has 2 amide bonds. The average molecular weight is 308 g/mol. The molecule has 1 saturated heterocycles. The Kier molecular flexibility index (Phi) is 3.65. The summed E-state index contributed by atoms with van der Waals surface area (Å²) >= 11 is 1.75. The van der Waals surface area contributed by atoms with E-state index in [4.69, 9.17) is 0 Å². The molecule has 1 aromatic heterocycles. The van der Waals surface area contributed by atoms with Gasteiger partial charge in [0.15, 0.2) is 0 Å². The molecule has 0 radical (unpaired) electrons. The topological polar surface area (TPSA) is 60.9 Å². The van der Waals surface area contributed by atoms with E-state index >= 15 is 0 Å². The molecule has 2 aliphatic heterocycles. The zero-order chi connectivity index (χ0) is 15.1. The SMILES string of the molecule is CC1CN(C(=O)N2CCc3sccc3C2C)CC1C(=O)O. The van der Waals surface area contributed by atoms with E-state index in [0.717, 1.165) is 13.0 Å². The van der Waals surface area contributed by atoms with Gasteiger partial charge in [-0.2, -0.15) is 0 Å². The van der Waals surface area contributed by atoms with Crippen molar-refractivity contribution in [2.75, 3.05) is 19.6 Å². The molecule has 1 N–H and O–H groups in total. The molecule has 0 aliphatic carbocycles. The number of rotatable bonds is 1. The van der Waals surface area contributed by atoms with Crippen LogP contribution in [0.25, 0.3) is 0 Å². The van der Waals surface area contributed by atoms with Crippen LogP contribution < -0.4 is 0 Å². The second-order valence-corrected chi connectivity index (χ2v) is 7.03. The van der Waals surface area contributed by atoms with Crippen molar-refractivity contribution in [3.63, 3.8) is 0 Å². The summed E-state index contributed by atoms with van der Waals surface area (Å²) in [5, 5.41) is 11.3. The zero-order valence-electron chi connectivity index (χ0n) is 12.3. The third kappa shape index (κ3) is 2.41. The molecule has 3 rings (SSSR count). The molecular formula is C15H20N2O3S. The van der Waals surface area contributed by atoms with Crippen LogP contribution in [0.3, 0.4) is 0 Å². The minimum atomic E-state index is -0.801. The summed E-state index contributed by atoms with van der Waals surface area (Å²) in [5.41, 5.74) is 1.24. The first kappa shape index (κ1) is 14.4. The Morgan fingerprint density at radius 1 is 1.33 bits per heavy atom. The molecule has 3 heterocycles. The number of hydrogen-bond donors (Lipinski definition) is 1. The van der Waals surface area contributed by atoms with Crippen molar-refractivity contribution in [1.82, 2.24) is 9.80 Å². The van der Waals surface area contributed by atoms with E-state index in [0.29, 0.717) is 13.1 Å². The molecule has 114 valence electrons. The standard InChI is InChI=1S/C15H20N2O3S/c1-9-7-16(8-12(9)14(18)19)15(20)17-5-3-13-11(10(17)2)4-6-21-13/h4,6,9-10,12H,3,5,7-8H2,1-2H3,(H,18,19). The van der Waals surface area contributed by atoms with E-state index in [1.165, 1.54) is 10.4 Å². The number of aliphatic carboxylic acids is 1. The Morgan fingerprint density at radius 2 is 2.10 bits per heavy atom. The number of carboxylic acid groups (broad SMARTS) is 1. The van der Waals surface area contributed by atoms with E-state index in [2.05, 4.69) is 18.4 Å². The van der Waals surface area contributed by atoms with E-state index in [1.807, 2.05) is 11.8 Å². The van der Waals surface area contributed by atoms with Crippen LogP contribution in [0.1, 0.15) is 30.3 Å². The maximum atomic E-state index is 12.7. The van der Waals surface area contributed by atoms with E-state index in [-0.39, 0.29) is 18.0 Å². The van der Waals surface area contributed by atoms with Crippen molar-refractivity contribution in [2.45, 2.75) is 26.3 Å². The fraction of sp³-hybridized carbons (Fsp3) is 0.600. The van der Waals surface area contributed by atoms with Gasteiger partial charge in [-0.25, -0.2) is 4.79 Å². The van der Waals surface area contributed by atoms with Gasteiger partial charge in [-0.3, -0.25) is 4.79 Å². The van der Waals surface area contributed by atoms with Gasteiger partial charge in [0.2, 0.25) is 0 Å². The van der Waals surface area contributed by atoms with Gasteiger partial charge in [0.05, 0.1) is 12.0 Å². The Labute approximate surface area is 128 Å². The lowest BCUT2D eigenvalue weighted by Gasteiger charge is -2.36. The third-order valence-corrected chi connectivity index (χ3v) is 5.72. The lowest BCUT2D eigenvalue weighted by atomic mass is 9.99. The molecule has 5 nitrogen and oxygen atoms in total. The molecule has 21 heavy (non-hydrogen) atoms. The number of carboxylic acids is 1. The highest BCUT2D eigenvalue weighted by Crippen LogP contribution is 2.34. The fourth-order valence-corrected chi connectivity index (χ4v) is 4.36. The van der Waals surface area contributed by atoms with Crippen LogP contribution in [-0.4, -0.2) is 46.5 Å². The lowest BCUT2D eigenvalue weighted by Crippen LogP contribution is -2.46. The molecule has 1 aromatic rings. The predicted octanol–water partition coefficient (Wildman–Crippen LogP) is 2.44. The quantitative estimate of drug-likeness (QED) is 0.867. The molecule has 0 bridgehead atoms. The summed E-state index contributed by atoms with van der Waals surface area (Å²) in [5.74, 6) is -1.22. The van der Waals surface area contributed by atoms with Crippen LogP contribution in [-0.2, 0) is 11.2 Å². The highest BCUT2D eigenvalue weighted by Gasteiger charge is 2.40. The molecule has 0 spiro atoms. The van der Waals surface area contributed by atoms with Crippen molar-refractivity contribution < 1.29 is 14.7 Å². The third-order valence-electron chi connectivity index (χ3n) is 4.72. The minimum absolute atomic E-state index is 0.0169. The Hall–Kier alpha value is -1.56. The van der Waals surface area contributed by atoms with Gasteiger partial charge in [-0.1, -0.05) is 6.92 Å². The summed E-state index contributed by atoms with van der Waals surface area (Å²) in [6.45, 7) is 5.54. The van der Waals surface area contributed by atoms with Crippen molar-refractivity contribution in [3.05, 3.63) is 21.9 Å².